The molecule has 7 rings (SSSR count). The van der Waals surface area contributed by atoms with Crippen molar-refractivity contribution in [2.24, 2.45) is 5.92 Å². The van der Waals surface area contributed by atoms with Gasteiger partial charge in [-0.25, -0.2) is 15.0 Å². The van der Waals surface area contributed by atoms with E-state index in [1.54, 1.807) is 25.6 Å². The molecule has 0 radical (unpaired) electrons. The number of methoxy groups -OCH3 is 1. The second kappa shape index (κ2) is 15.7. The highest BCUT2D eigenvalue weighted by Crippen LogP contribution is 2.47. The highest BCUT2D eigenvalue weighted by atomic mass is 28.4. The molecule has 1 unspecified atom stereocenters. The van der Waals surface area contributed by atoms with E-state index < -0.39 is 26.1 Å². The van der Waals surface area contributed by atoms with Crippen LogP contribution in [0, 0.1) is 12.8 Å². The summed E-state index contributed by atoms with van der Waals surface area (Å²) in [6.07, 6.45) is 2.24. The van der Waals surface area contributed by atoms with Crippen LogP contribution in [-0.4, -0.2) is 64.8 Å². The van der Waals surface area contributed by atoms with E-state index in [1.807, 2.05) is 53.1 Å². The van der Waals surface area contributed by atoms with Crippen molar-refractivity contribution in [3.8, 4) is 5.75 Å². The van der Waals surface area contributed by atoms with Crippen molar-refractivity contribution in [2.75, 3.05) is 19.0 Å². The van der Waals surface area contributed by atoms with Gasteiger partial charge in [-0.3, -0.25) is 4.79 Å². The number of aryl methyl sites for hydroxylation is 1. The topological polar surface area (TPSA) is 121 Å². The normalized spacial score (nSPS) is 19.8. The van der Waals surface area contributed by atoms with E-state index in [0.29, 0.717) is 29.0 Å². The first-order valence-corrected chi connectivity index (χ1v) is 22.0. The first-order valence-electron chi connectivity index (χ1n) is 19.1. The molecule has 10 nitrogen and oxygen atoms in total. The zero-order valence-electron chi connectivity index (χ0n) is 33.1. The number of hydrogen-bond acceptors (Lipinski definition) is 8. The SMILES string of the molecule is COc1ccc(C(OC[C@H]2C[C@@H](n3cnc4c(NC(=O)c5ccccc5)ncnc43)[C@H](O[Si](C)(C)C(C)(C)C)[C@@H]2O)(c2ccccc2)c2ccc(C)cc2)cc1. The van der Waals surface area contributed by atoms with Gasteiger partial charge in [0.15, 0.2) is 25.3 Å². The molecule has 1 aliphatic carbocycles. The van der Waals surface area contributed by atoms with Gasteiger partial charge in [0.05, 0.1) is 38.3 Å². The van der Waals surface area contributed by atoms with Crippen molar-refractivity contribution in [1.29, 1.82) is 0 Å². The summed E-state index contributed by atoms with van der Waals surface area (Å²) >= 11 is 0. The van der Waals surface area contributed by atoms with Crippen LogP contribution in [0.25, 0.3) is 11.2 Å². The van der Waals surface area contributed by atoms with Crippen molar-refractivity contribution < 1.29 is 23.8 Å². The van der Waals surface area contributed by atoms with E-state index in [-0.39, 0.29) is 29.5 Å². The number of anilines is 1. The summed E-state index contributed by atoms with van der Waals surface area (Å²) in [4.78, 5) is 26.9. The number of carbonyl (C=O) groups is 1. The minimum absolute atomic E-state index is 0.109. The maximum Gasteiger partial charge on any atom is 0.256 e. The molecule has 56 heavy (non-hydrogen) atoms. The summed E-state index contributed by atoms with van der Waals surface area (Å²) in [5.74, 6) is 0.449. The average molecular weight is 770 g/mol. The van der Waals surface area contributed by atoms with Crippen LogP contribution in [0.1, 0.15) is 65.8 Å². The van der Waals surface area contributed by atoms with E-state index >= 15 is 0 Å². The van der Waals surface area contributed by atoms with Gasteiger partial charge < -0.3 is 28.9 Å². The molecule has 1 aliphatic rings. The molecule has 1 amide bonds. The number of nitrogens with zero attached hydrogens (tertiary/aromatic N) is 4. The maximum absolute atomic E-state index is 13.1. The first-order chi connectivity index (χ1) is 26.8. The molecule has 2 N–H and O–H groups in total. The van der Waals surface area contributed by atoms with Crippen LogP contribution < -0.4 is 10.1 Å². The van der Waals surface area contributed by atoms with E-state index in [4.69, 9.17) is 18.9 Å². The van der Waals surface area contributed by atoms with Crippen molar-refractivity contribution in [3.05, 3.63) is 150 Å². The highest BCUT2D eigenvalue weighted by Gasteiger charge is 2.51. The lowest BCUT2D eigenvalue weighted by Gasteiger charge is -2.41. The number of carbonyl (C=O) groups excluding carboxylic acids is 1. The second-order valence-electron chi connectivity index (χ2n) is 16.2. The Morgan fingerprint density at radius 3 is 2.09 bits per heavy atom. The Hall–Kier alpha value is -5.20. The molecule has 2 aromatic heterocycles. The molecule has 0 aliphatic heterocycles. The molecule has 1 fully saturated rings. The van der Waals surface area contributed by atoms with Gasteiger partial charge in [0.1, 0.15) is 17.7 Å². The smallest absolute Gasteiger partial charge is 0.256 e. The molecule has 11 heteroatoms. The summed E-state index contributed by atoms with van der Waals surface area (Å²) in [6, 6.07) is 35.3. The van der Waals surface area contributed by atoms with Crippen LogP contribution in [0.5, 0.6) is 5.75 Å². The molecule has 2 heterocycles. The minimum atomic E-state index is -2.40. The Morgan fingerprint density at radius 1 is 0.857 bits per heavy atom. The van der Waals surface area contributed by atoms with Crippen molar-refractivity contribution in [3.63, 3.8) is 0 Å². The summed E-state index contributed by atoms with van der Waals surface area (Å²) in [6.45, 7) is 13.3. The fraction of sp³-hybridized carbons (Fsp3) is 0.333. The van der Waals surface area contributed by atoms with Crippen molar-refractivity contribution in [1.82, 2.24) is 19.5 Å². The van der Waals surface area contributed by atoms with E-state index in [0.717, 1.165) is 28.0 Å². The minimum Gasteiger partial charge on any atom is -0.497 e. The molecule has 0 spiro atoms. The predicted octanol–water partition coefficient (Wildman–Crippen LogP) is 8.72. The number of hydrogen-bond donors (Lipinski definition) is 2. The first kappa shape index (κ1) is 39.0. The third kappa shape index (κ3) is 7.51. The number of benzene rings is 4. The van der Waals surface area contributed by atoms with Crippen LogP contribution >= 0.6 is 0 Å². The summed E-state index contributed by atoms with van der Waals surface area (Å²) in [5, 5.41) is 15.2. The zero-order valence-corrected chi connectivity index (χ0v) is 34.1. The number of fused-ring (bicyclic) bond motifs is 1. The number of aliphatic hydroxyl groups excluding tert-OH is 1. The molecule has 290 valence electrons. The molecular formula is C45H51N5O5Si. The Morgan fingerprint density at radius 2 is 1.46 bits per heavy atom. The van der Waals surface area contributed by atoms with E-state index in [2.05, 4.69) is 105 Å². The van der Waals surface area contributed by atoms with Gasteiger partial charge in [-0.2, -0.15) is 0 Å². The number of imidazole rings is 1. The summed E-state index contributed by atoms with van der Waals surface area (Å²) in [5.41, 5.74) is 4.53. The number of aliphatic hydroxyl groups is 1. The maximum atomic E-state index is 13.1. The standard InChI is InChI=1S/C45H51N5O5Si/c1-30-18-20-34(21-19-30)45(33-16-12-9-13-17-33,35-22-24-36(53-5)25-23-35)54-27-32-26-37(40(39(32)51)55-56(6,7)44(2,3)4)50-29-48-38-41(46-28-47-42(38)50)49-43(52)31-14-10-8-11-15-31/h8-25,28-29,32,37,39-40,51H,26-27H2,1-7H3,(H,46,47,49,52)/t32-,37-,39-,40+,45?/m1/s1. The predicted molar refractivity (Wildman–Crippen MR) is 221 cm³/mol. The Balaban J connectivity index is 1.28. The fourth-order valence-corrected chi connectivity index (χ4v) is 8.74. The van der Waals surface area contributed by atoms with Gasteiger partial charge in [-0.15, -0.1) is 0 Å². The van der Waals surface area contributed by atoms with Crippen LogP contribution in [0.3, 0.4) is 0 Å². The lowest BCUT2D eigenvalue weighted by atomic mass is 9.79. The lowest BCUT2D eigenvalue weighted by Crippen LogP contribution is -2.48. The van der Waals surface area contributed by atoms with Crippen LogP contribution in [0.4, 0.5) is 5.82 Å². The molecule has 4 aromatic carbocycles. The Kier molecular flexibility index (Phi) is 11.0. The largest absolute Gasteiger partial charge is 0.497 e. The molecular weight excluding hydrogens is 719 g/mol. The third-order valence-corrected chi connectivity index (χ3v) is 16.1. The van der Waals surface area contributed by atoms with Crippen LogP contribution in [0.15, 0.2) is 122 Å². The van der Waals surface area contributed by atoms with Crippen LogP contribution in [-0.2, 0) is 14.8 Å². The van der Waals surface area contributed by atoms with E-state index in [9.17, 15) is 9.90 Å². The van der Waals surface area contributed by atoms with E-state index in [1.165, 1.54) is 6.33 Å². The number of rotatable bonds is 12. The molecule has 6 aromatic rings. The van der Waals surface area contributed by atoms with Crippen molar-refractivity contribution in [2.45, 2.75) is 76.1 Å². The Labute approximate surface area is 330 Å². The van der Waals surface area contributed by atoms with Gasteiger partial charge in [-0.1, -0.05) is 111 Å². The summed E-state index contributed by atoms with van der Waals surface area (Å²) in [7, 11) is -0.742. The Bertz CT molecular complexity index is 2260. The number of amides is 1. The van der Waals surface area contributed by atoms with Gasteiger partial charge in [-0.05, 0) is 72.4 Å². The number of nitrogens with one attached hydrogen (secondary N) is 1. The van der Waals surface area contributed by atoms with Gasteiger partial charge in [0, 0.05) is 11.5 Å². The number of ether oxygens (including phenoxy) is 2. The van der Waals surface area contributed by atoms with Crippen LogP contribution in [0.2, 0.25) is 18.1 Å². The quantitative estimate of drug-likeness (QED) is 0.0937. The molecule has 5 atom stereocenters. The van der Waals surface area contributed by atoms with Gasteiger partial charge in [0.25, 0.3) is 5.91 Å². The fourth-order valence-electron chi connectivity index (χ4n) is 7.41. The lowest BCUT2D eigenvalue weighted by molar-refractivity contribution is -0.0470. The molecule has 1 saturated carbocycles. The number of aromatic nitrogens is 4. The highest BCUT2D eigenvalue weighted by molar-refractivity contribution is 6.74. The third-order valence-electron chi connectivity index (χ3n) is 11.6. The monoisotopic (exact) mass is 769 g/mol. The summed E-state index contributed by atoms with van der Waals surface area (Å²) < 4.78 is 22.0. The average Bonchev–Trinajstić information content (AvgIpc) is 3.76. The van der Waals surface area contributed by atoms with Crippen molar-refractivity contribution >= 4 is 31.2 Å². The second-order valence-corrected chi connectivity index (χ2v) is 21.0. The molecule has 0 saturated heterocycles. The van der Waals surface area contributed by atoms with Gasteiger partial charge >= 0.3 is 0 Å². The molecule has 0 bridgehead atoms. The van der Waals surface area contributed by atoms with Gasteiger partial charge in [0.2, 0.25) is 0 Å². The zero-order chi connectivity index (χ0) is 39.7.